The summed E-state index contributed by atoms with van der Waals surface area (Å²) in [5.41, 5.74) is 5.66. The Hall–Kier alpha value is -0.410. The van der Waals surface area contributed by atoms with Gasteiger partial charge in [-0.05, 0) is 19.3 Å². The minimum absolute atomic E-state index is 0.0816. The second kappa shape index (κ2) is 3.99. The van der Waals surface area contributed by atoms with Crippen LogP contribution < -0.4 is 5.73 Å². The Kier molecular flexibility index (Phi) is 2.88. The smallest absolute Gasteiger partial charge is 0.158 e. The van der Waals surface area contributed by atoms with Crippen LogP contribution in [0.1, 0.15) is 38.5 Å². The molecule has 0 spiro atoms. The molecule has 0 amide bonds. The third-order valence-corrected chi connectivity index (χ3v) is 3.54. The van der Waals surface area contributed by atoms with Gasteiger partial charge in [-0.25, -0.2) is 0 Å². The molecule has 0 aromatic rings. The van der Waals surface area contributed by atoms with E-state index >= 15 is 0 Å². The van der Waals surface area contributed by atoms with Crippen LogP contribution in [0.4, 0.5) is 0 Å². The van der Waals surface area contributed by atoms with Crippen LogP contribution in [-0.2, 0) is 9.53 Å². The minimum Gasteiger partial charge on any atom is -0.381 e. The van der Waals surface area contributed by atoms with Gasteiger partial charge in [0.2, 0.25) is 0 Å². The molecule has 1 saturated carbocycles. The molecule has 2 rings (SSSR count). The predicted molar refractivity (Wildman–Crippen MR) is 53.9 cm³/mol. The highest BCUT2D eigenvalue weighted by Crippen LogP contribution is 2.31. The molecule has 2 N–H and O–H groups in total. The van der Waals surface area contributed by atoms with Gasteiger partial charge in [0.05, 0.1) is 12.1 Å². The minimum atomic E-state index is -0.517. The monoisotopic (exact) mass is 197 g/mol. The molecule has 0 aromatic carbocycles. The van der Waals surface area contributed by atoms with E-state index in [1.54, 1.807) is 0 Å². The molecule has 1 saturated heterocycles. The highest BCUT2D eigenvalue weighted by atomic mass is 16.5. The van der Waals surface area contributed by atoms with Crippen molar-refractivity contribution in [2.24, 2.45) is 11.7 Å². The molecule has 1 aliphatic carbocycles. The number of nitrogens with two attached hydrogens (primary N) is 1. The Morgan fingerprint density at radius 1 is 1.29 bits per heavy atom. The van der Waals surface area contributed by atoms with Crippen molar-refractivity contribution >= 4 is 5.78 Å². The van der Waals surface area contributed by atoms with Crippen LogP contribution in [0.15, 0.2) is 0 Å². The van der Waals surface area contributed by atoms with Gasteiger partial charge in [0, 0.05) is 12.5 Å². The molecule has 1 aliphatic heterocycles. The molecule has 0 radical (unpaired) electrons. The molecule has 3 heteroatoms. The van der Waals surface area contributed by atoms with Crippen LogP contribution in [0, 0.1) is 5.92 Å². The Bertz CT molecular complexity index is 215. The fraction of sp³-hybridized carbons (Fsp3) is 0.909. The van der Waals surface area contributed by atoms with Crippen molar-refractivity contribution in [2.45, 2.75) is 44.1 Å². The maximum Gasteiger partial charge on any atom is 0.158 e. The number of hydrogen-bond acceptors (Lipinski definition) is 3. The number of Topliss-reactive ketones (excluding diaryl/α,β-unsaturated/α-hetero) is 1. The van der Waals surface area contributed by atoms with E-state index in [1.165, 1.54) is 6.42 Å². The van der Waals surface area contributed by atoms with Crippen LogP contribution in [0.5, 0.6) is 0 Å². The first-order valence-corrected chi connectivity index (χ1v) is 5.63. The second-order valence-electron chi connectivity index (χ2n) is 4.64. The maximum atomic E-state index is 12.1. The van der Waals surface area contributed by atoms with Crippen molar-refractivity contribution in [1.29, 1.82) is 0 Å². The Morgan fingerprint density at radius 3 is 2.57 bits per heavy atom. The predicted octanol–water partition coefficient (Wildman–Crippen LogP) is 1.25. The van der Waals surface area contributed by atoms with E-state index in [2.05, 4.69) is 0 Å². The first-order chi connectivity index (χ1) is 6.72. The van der Waals surface area contributed by atoms with Gasteiger partial charge in [0.25, 0.3) is 0 Å². The molecule has 1 atom stereocenters. The molecular weight excluding hydrogens is 178 g/mol. The lowest BCUT2D eigenvalue weighted by Gasteiger charge is -2.33. The van der Waals surface area contributed by atoms with Crippen molar-refractivity contribution < 1.29 is 9.53 Å². The highest BCUT2D eigenvalue weighted by molar-refractivity contribution is 5.90. The van der Waals surface area contributed by atoms with Crippen molar-refractivity contribution in [3.05, 3.63) is 0 Å². The van der Waals surface area contributed by atoms with Gasteiger partial charge in [0.1, 0.15) is 0 Å². The number of ketones is 1. The summed E-state index contributed by atoms with van der Waals surface area (Å²) in [7, 11) is 0. The topological polar surface area (TPSA) is 52.3 Å². The number of ether oxygens (including phenoxy) is 1. The van der Waals surface area contributed by atoms with Gasteiger partial charge in [-0.3, -0.25) is 4.79 Å². The lowest BCUT2D eigenvalue weighted by molar-refractivity contribution is -0.129. The summed E-state index contributed by atoms with van der Waals surface area (Å²) >= 11 is 0. The van der Waals surface area contributed by atoms with Crippen LogP contribution in [-0.4, -0.2) is 24.5 Å². The average molecular weight is 197 g/mol. The summed E-state index contributed by atoms with van der Waals surface area (Å²) in [4.78, 5) is 12.1. The summed E-state index contributed by atoms with van der Waals surface area (Å²) in [6.07, 6.45) is 6.07. The van der Waals surface area contributed by atoms with E-state index in [9.17, 15) is 4.79 Å². The Balaban J connectivity index is 2.00. The fourth-order valence-electron chi connectivity index (χ4n) is 2.58. The standard InChI is InChI=1S/C11H19NO2/c12-11(5-2-1-3-6-11)10(13)9-4-7-14-8-9/h9H,1-8,12H2. The van der Waals surface area contributed by atoms with Gasteiger partial charge in [-0.15, -0.1) is 0 Å². The van der Waals surface area contributed by atoms with Gasteiger partial charge in [-0.1, -0.05) is 19.3 Å². The van der Waals surface area contributed by atoms with E-state index in [0.717, 1.165) is 38.7 Å². The normalized spacial score (nSPS) is 31.6. The van der Waals surface area contributed by atoms with Crippen molar-refractivity contribution in [1.82, 2.24) is 0 Å². The summed E-state index contributed by atoms with van der Waals surface area (Å²) in [6, 6.07) is 0. The van der Waals surface area contributed by atoms with E-state index in [0.29, 0.717) is 6.61 Å². The van der Waals surface area contributed by atoms with E-state index in [-0.39, 0.29) is 11.7 Å². The summed E-state index contributed by atoms with van der Waals surface area (Å²) in [6.45, 7) is 1.32. The summed E-state index contributed by atoms with van der Waals surface area (Å²) in [5.74, 6) is 0.341. The third-order valence-electron chi connectivity index (χ3n) is 3.54. The van der Waals surface area contributed by atoms with E-state index in [1.807, 2.05) is 0 Å². The molecule has 14 heavy (non-hydrogen) atoms. The molecule has 2 aliphatic rings. The van der Waals surface area contributed by atoms with Crippen LogP contribution >= 0.6 is 0 Å². The van der Waals surface area contributed by atoms with Gasteiger partial charge < -0.3 is 10.5 Å². The molecule has 3 nitrogen and oxygen atoms in total. The number of rotatable bonds is 2. The van der Waals surface area contributed by atoms with Gasteiger partial charge in [-0.2, -0.15) is 0 Å². The Morgan fingerprint density at radius 2 is 2.00 bits per heavy atom. The molecule has 1 unspecified atom stereocenters. The molecule has 2 fully saturated rings. The van der Waals surface area contributed by atoms with Crippen LogP contribution in [0.2, 0.25) is 0 Å². The lowest BCUT2D eigenvalue weighted by atomic mass is 9.75. The molecule has 0 aromatic heterocycles. The summed E-state index contributed by atoms with van der Waals surface area (Å²) < 4.78 is 5.24. The SMILES string of the molecule is NC1(C(=O)C2CCOC2)CCCCC1. The van der Waals surface area contributed by atoms with Gasteiger partial charge >= 0.3 is 0 Å². The largest absolute Gasteiger partial charge is 0.381 e. The number of carbonyl (C=O) groups is 1. The van der Waals surface area contributed by atoms with Crippen molar-refractivity contribution in [3.63, 3.8) is 0 Å². The maximum absolute atomic E-state index is 12.1. The first kappa shape index (κ1) is 10.1. The molecule has 80 valence electrons. The molecule has 1 heterocycles. The zero-order chi connectivity index (χ0) is 10.0. The van der Waals surface area contributed by atoms with Crippen molar-refractivity contribution in [2.75, 3.05) is 13.2 Å². The highest BCUT2D eigenvalue weighted by Gasteiger charge is 2.40. The van der Waals surface area contributed by atoms with E-state index < -0.39 is 5.54 Å². The van der Waals surface area contributed by atoms with Crippen LogP contribution in [0.25, 0.3) is 0 Å². The second-order valence-corrected chi connectivity index (χ2v) is 4.64. The molecule has 0 bridgehead atoms. The van der Waals surface area contributed by atoms with Crippen LogP contribution in [0.3, 0.4) is 0 Å². The van der Waals surface area contributed by atoms with Crippen molar-refractivity contribution in [3.8, 4) is 0 Å². The quantitative estimate of drug-likeness (QED) is 0.725. The van der Waals surface area contributed by atoms with E-state index in [4.69, 9.17) is 10.5 Å². The number of hydrogen-bond donors (Lipinski definition) is 1. The Labute approximate surface area is 85.0 Å². The third kappa shape index (κ3) is 1.84. The zero-order valence-corrected chi connectivity index (χ0v) is 8.63. The fourth-order valence-corrected chi connectivity index (χ4v) is 2.58. The average Bonchev–Trinajstić information content (AvgIpc) is 2.70. The first-order valence-electron chi connectivity index (χ1n) is 5.63. The number of carbonyl (C=O) groups excluding carboxylic acids is 1. The van der Waals surface area contributed by atoms with Gasteiger partial charge in [0.15, 0.2) is 5.78 Å². The molecular formula is C11H19NO2. The lowest BCUT2D eigenvalue weighted by Crippen LogP contribution is -2.52. The summed E-state index contributed by atoms with van der Waals surface area (Å²) in [5, 5.41) is 0. The zero-order valence-electron chi connectivity index (χ0n) is 8.63.